The summed E-state index contributed by atoms with van der Waals surface area (Å²) in [5.41, 5.74) is 2.44. The summed E-state index contributed by atoms with van der Waals surface area (Å²) < 4.78 is 17.3. The fourth-order valence-corrected chi connectivity index (χ4v) is 4.25. The predicted molar refractivity (Wildman–Crippen MR) is 109 cm³/mol. The molecule has 0 aliphatic carbocycles. The van der Waals surface area contributed by atoms with Gasteiger partial charge >= 0.3 is 164 Å². The summed E-state index contributed by atoms with van der Waals surface area (Å²) in [4.78, 5) is 16.0. The Morgan fingerprint density at radius 3 is 2.52 bits per heavy atom. The Balaban J connectivity index is 1.96. The average molecular weight is 430 g/mol. The zero-order valence-electron chi connectivity index (χ0n) is 15.7. The summed E-state index contributed by atoms with van der Waals surface area (Å²) >= 11 is 0.169. The number of benzene rings is 2. The van der Waals surface area contributed by atoms with Crippen LogP contribution in [0.3, 0.4) is 0 Å². The van der Waals surface area contributed by atoms with E-state index in [1.54, 1.807) is 39.5 Å². The van der Waals surface area contributed by atoms with Gasteiger partial charge in [-0.05, 0) is 0 Å². The van der Waals surface area contributed by atoms with Gasteiger partial charge in [-0.2, -0.15) is 0 Å². The van der Waals surface area contributed by atoms with E-state index < -0.39 is 0 Å². The van der Waals surface area contributed by atoms with Crippen LogP contribution in [0.4, 0.5) is 0 Å². The molecule has 0 atom stereocenters. The first-order valence-corrected chi connectivity index (χ1v) is 10.9. The number of ketones is 1. The molecule has 1 heterocycles. The third kappa shape index (κ3) is 3.72. The van der Waals surface area contributed by atoms with Crippen LogP contribution < -0.4 is 18.7 Å². The van der Waals surface area contributed by atoms with Crippen molar-refractivity contribution in [2.45, 2.75) is 5.82 Å². The average Bonchev–Trinajstić information content (AvgIpc) is 3.13. The minimum absolute atomic E-state index is 0.0919. The number of H-pyrrole nitrogens is 1. The van der Waals surface area contributed by atoms with Crippen molar-refractivity contribution < 1.29 is 19.0 Å². The van der Waals surface area contributed by atoms with Crippen LogP contribution in [0.5, 0.6) is 17.2 Å². The zero-order chi connectivity index (χ0) is 19.4. The first-order chi connectivity index (χ1) is 13.1. The second-order valence-electron chi connectivity index (χ2n) is 5.74. The van der Waals surface area contributed by atoms with Gasteiger partial charge in [-0.15, -0.1) is 0 Å². The molecule has 0 aliphatic rings. The van der Waals surface area contributed by atoms with Gasteiger partial charge in [0, 0.05) is 0 Å². The van der Waals surface area contributed by atoms with Crippen LogP contribution in [0, 0.1) is 0 Å². The minimum atomic E-state index is -0.0919. The summed E-state index contributed by atoms with van der Waals surface area (Å²) in [5, 5.41) is 0.953. The number of rotatable bonds is 7. The van der Waals surface area contributed by atoms with Gasteiger partial charge in [0.15, 0.2) is 0 Å². The molecule has 0 amide bonds. The quantitative estimate of drug-likeness (QED) is 0.354. The molecule has 1 N–H and O–H groups in total. The Kier molecular flexibility index (Phi) is 5.89. The number of carbonyl (C=O) groups is 1. The standard InChI is InChI=1S/C21H21NO4Se/c1-24-17-7-5-6-15-20(17)13(12-22-15)8-9-16(23)14-10-18(25-2)21(26-3)19(11-14)27-4/h5-12,22H,1-4H3/b9-8+. The molecule has 3 rings (SSSR count). The monoisotopic (exact) mass is 431 g/mol. The Bertz CT molecular complexity index is 982. The van der Waals surface area contributed by atoms with Crippen LogP contribution in [-0.4, -0.2) is 47.1 Å². The van der Waals surface area contributed by atoms with Crippen LogP contribution >= 0.6 is 0 Å². The number of nitrogens with one attached hydrogen (secondary N) is 1. The van der Waals surface area contributed by atoms with E-state index in [-0.39, 0.29) is 20.7 Å². The molecule has 0 fully saturated rings. The molecule has 0 radical (unpaired) electrons. The third-order valence-corrected chi connectivity index (χ3v) is 5.84. The second kappa shape index (κ2) is 8.33. The van der Waals surface area contributed by atoms with Crippen molar-refractivity contribution in [3.05, 3.63) is 53.7 Å². The number of hydrogen-bond acceptors (Lipinski definition) is 4. The maximum atomic E-state index is 12.7. The molecule has 3 aromatic rings. The molecule has 0 saturated carbocycles. The fraction of sp³-hybridized carbons (Fsp3) is 0.190. The number of fused-ring (bicyclic) bond motifs is 1. The molecule has 140 valence electrons. The molecule has 0 bridgehead atoms. The summed E-state index contributed by atoms with van der Waals surface area (Å²) in [6, 6.07) is 9.40. The normalized spacial score (nSPS) is 11.1. The van der Waals surface area contributed by atoms with Gasteiger partial charge in [-0.1, -0.05) is 0 Å². The summed E-state index contributed by atoms with van der Waals surface area (Å²) in [6.07, 6.45) is 5.24. The van der Waals surface area contributed by atoms with Gasteiger partial charge in [0.05, 0.1) is 0 Å². The van der Waals surface area contributed by atoms with Crippen molar-refractivity contribution in [1.82, 2.24) is 4.98 Å². The summed E-state index contributed by atoms with van der Waals surface area (Å²) in [6.45, 7) is 0. The van der Waals surface area contributed by atoms with Crippen molar-refractivity contribution in [2.75, 3.05) is 21.3 Å². The van der Waals surface area contributed by atoms with Gasteiger partial charge in [0.2, 0.25) is 0 Å². The number of aromatic nitrogens is 1. The van der Waals surface area contributed by atoms with Crippen LogP contribution in [0.2, 0.25) is 5.82 Å². The number of hydrogen-bond donors (Lipinski definition) is 1. The van der Waals surface area contributed by atoms with E-state index in [0.717, 1.165) is 26.7 Å². The van der Waals surface area contributed by atoms with E-state index in [9.17, 15) is 4.79 Å². The van der Waals surface area contributed by atoms with Crippen molar-refractivity contribution in [2.24, 2.45) is 0 Å². The van der Waals surface area contributed by atoms with Gasteiger partial charge in [-0.3, -0.25) is 0 Å². The van der Waals surface area contributed by atoms with E-state index >= 15 is 0 Å². The molecule has 2 aromatic carbocycles. The van der Waals surface area contributed by atoms with Crippen LogP contribution in [0.15, 0.2) is 42.6 Å². The first-order valence-electron chi connectivity index (χ1n) is 8.29. The zero-order valence-corrected chi connectivity index (χ0v) is 17.4. The van der Waals surface area contributed by atoms with Gasteiger partial charge < -0.3 is 0 Å². The van der Waals surface area contributed by atoms with Crippen LogP contribution in [0.25, 0.3) is 17.0 Å². The van der Waals surface area contributed by atoms with Gasteiger partial charge in [0.1, 0.15) is 0 Å². The number of ether oxygens (including phenoxy) is 3. The molecule has 0 unspecified atom stereocenters. The Hall–Kier alpha value is -2.69. The molecule has 0 saturated heterocycles. The molecule has 0 aliphatic heterocycles. The molecular weight excluding hydrogens is 409 g/mol. The Labute approximate surface area is 164 Å². The number of methoxy groups -OCH3 is 3. The fourth-order valence-electron chi connectivity index (χ4n) is 2.96. The van der Waals surface area contributed by atoms with Gasteiger partial charge in [0.25, 0.3) is 0 Å². The molecule has 0 spiro atoms. The number of aromatic amines is 1. The van der Waals surface area contributed by atoms with Crippen molar-refractivity contribution in [3.8, 4) is 17.2 Å². The first kappa shape index (κ1) is 19.1. The summed E-state index contributed by atoms with van der Waals surface area (Å²) in [5.74, 6) is 4.02. The SMILES string of the molecule is COc1cc(C(=O)/C=C/c2c[nH]c3cccc(OC)c23)cc([Se]C)c1OC. The maximum absolute atomic E-state index is 12.7. The second-order valence-corrected chi connectivity index (χ2v) is 7.52. The summed E-state index contributed by atoms with van der Waals surface area (Å²) in [7, 11) is 4.82. The molecular formula is C21H21NO4Se. The van der Waals surface area contributed by atoms with E-state index in [1.165, 1.54) is 0 Å². The molecule has 6 heteroatoms. The van der Waals surface area contributed by atoms with E-state index in [1.807, 2.05) is 30.5 Å². The van der Waals surface area contributed by atoms with Crippen LogP contribution in [-0.2, 0) is 0 Å². The molecule has 1 aromatic heterocycles. The van der Waals surface area contributed by atoms with E-state index in [4.69, 9.17) is 14.2 Å². The van der Waals surface area contributed by atoms with E-state index in [0.29, 0.717) is 17.1 Å². The Morgan fingerprint density at radius 1 is 1.07 bits per heavy atom. The number of carbonyl (C=O) groups excluding carboxylic acids is 1. The van der Waals surface area contributed by atoms with Crippen molar-refractivity contribution >= 4 is 42.2 Å². The molecule has 27 heavy (non-hydrogen) atoms. The topological polar surface area (TPSA) is 60.6 Å². The van der Waals surface area contributed by atoms with Gasteiger partial charge in [-0.25, -0.2) is 0 Å². The third-order valence-electron chi connectivity index (χ3n) is 4.28. The van der Waals surface area contributed by atoms with Crippen molar-refractivity contribution in [1.29, 1.82) is 0 Å². The van der Waals surface area contributed by atoms with Crippen molar-refractivity contribution in [3.63, 3.8) is 0 Å². The van der Waals surface area contributed by atoms with Crippen LogP contribution in [0.1, 0.15) is 15.9 Å². The number of allylic oxidation sites excluding steroid dienone is 1. The molecule has 5 nitrogen and oxygen atoms in total. The Morgan fingerprint density at radius 2 is 1.85 bits per heavy atom. The van der Waals surface area contributed by atoms with E-state index in [2.05, 4.69) is 10.8 Å². The predicted octanol–water partition coefficient (Wildman–Crippen LogP) is 3.47.